The van der Waals surface area contributed by atoms with Gasteiger partial charge in [0.25, 0.3) is 11.8 Å². The first kappa shape index (κ1) is 19.7. The van der Waals surface area contributed by atoms with Gasteiger partial charge in [0.1, 0.15) is 6.54 Å². The van der Waals surface area contributed by atoms with Crippen LogP contribution in [0.2, 0.25) is 0 Å². The number of hydrogen-bond acceptors (Lipinski definition) is 4. The van der Waals surface area contributed by atoms with Gasteiger partial charge in [-0.05, 0) is 37.3 Å². The Bertz CT molecular complexity index is 780. The molecule has 2 amide bonds. The molecule has 0 aliphatic heterocycles. The molecule has 0 saturated carbocycles. The molecule has 2 aromatic rings. The van der Waals surface area contributed by atoms with Gasteiger partial charge in [0.2, 0.25) is 0 Å². The Kier molecular flexibility index (Phi) is 7.35. The van der Waals surface area contributed by atoms with Crippen molar-refractivity contribution in [2.24, 2.45) is 0 Å². The largest absolute Gasteiger partial charge is 0.454 e. The van der Waals surface area contributed by atoms with Crippen molar-refractivity contribution < 1.29 is 19.1 Å². The molecule has 0 aliphatic carbocycles. The summed E-state index contributed by atoms with van der Waals surface area (Å²) in [6, 6.07) is 15.9. The average molecular weight is 419 g/mol. The third-order valence-corrected chi connectivity index (χ3v) is 4.02. The van der Waals surface area contributed by atoms with Gasteiger partial charge < -0.3 is 15.0 Å². The number of rotatable bonds is 7. The fourth-order valence-corrected chi connectivity index (χ4v) is 2.67. The number of para-hydroxylation sites is 1. The first-order valence-electron chi connectivity index (χ1n) is 8.06. The smallest absolute Gasteiger partial charge is 0.325 e. The lowest BCUT2D eigenvalue weighted by Crippen LogP contribution is -2.36. The average Bonchev–Trinajstić information content (AvgIpc) is 2.66. The van der Waals surface area contributed by atoms with Crippen molar-refractivity contribution in [3.05, 3.63) is 64.6 Å². The predicted molar refractivity (Wildman–Crippen MR) is 102 cm³/mol. The molecule has 0 heterocycles. The Hall–Kier alpha value is -2.67. The van der Waals surface area contributed by atoms with E-state index in [0.29, 0.717) is 12.1 Å². The number of benzene rings is 2. The fourth-order valence-electron chi connectivity index (χ4n) is 2.27. The summed E-state index contributed by atoms with van der Waals surface area (Å²) in [5, 5.41) is 2.47. The van der Waals surface area contributed by atoms with Crippen molar-refractivity contribution in [2.75, 3.05) is 24.6 Å². The van der Waals surface area contributed by atoms with E-state index in [0.717, 1.165) is 10.2 Å². The number of amides is 2. The maximum absolute atomic E-state index is 12.2. The van der Waals surface area contributed by atoms with Crippen molar-refractivity contribution in [2.45, 2.75) is 6.92 Å². The first-order chi connectivity index (χ1) is 12.5. The van der Waals surface area contributed by atoms with E-state index in [1.54, 1.807) is 36.4 Å². The van der Waals surface area contributed by atoms with Crippen LogP contribution in [-0.4, -0.2) is 37.5 Å². The number of carbonyl (C=O) groups excluding carboxylic acids is 3. The first-order valence-corrected chi connectivity index (χ1v) is 8.85. The molecule has 1 N–H and O–H groups in total. The van der Waals surface area contributed by atoms with Crippen LogP contribution in [0.5, 0.6) is 0 Å². The molecule has 0 atom stereocenters. The molecule has 0 bridgehead atoms. The third kappa shape index (κ3) is 5.70. The van der Waals surface area contributed by atoms with Gasteiger partial charge in [-0.3, -0.25) is 14.4 Å². The third-order valence-electron chi connectivity index (χ3n) is 3.52. The highest BCUT2D eigenvalue weighted by atomic mass is 79.9. The SMILES string of the molecule is CCN(C(=O)COC(=O)CNC(=O)c1cccc(Br)c1)c1ccccc1. The van der Waals surface area contributed by atoms with Crippen LogP contribution in [0.3, 0.4) is 0 Å². The molecular formula is C19H19BrN2O4. The second-order valence-electron chi connectivity index (χ2n) is 5.33. The highest BCUT2D eigenvalue weighted by Crippen LogP contribution is 2.13. The lowest BCUT2D eigenvalue weighted by molar-refractivity contribution is -0.146. The maximum Gasteiger partial charge on any atom is 0.325 e. The molecule has 26 heavy (non-hydrogen) atoms. The molecule has 0 unspecified atom stereocenters. The highest BCUT2D eigenvalue weighted by Gasteiger charge is 2.16. The number of hydrogen-bond donors (Lipinski definition) is 1. The van der Waals surface area contributed by atoms with Gasteiger partial charge in [0, 0.05) is 22.3 Å². The lowest BCUT2D eigenvalue weighted by atomic mass is 10.2. The highest BCUT2D eigenvalue weighted by molar-refractivity contribution is 9.10. The van der Waals surface area contributed by atoms with E-state index in [1.807, 2.05) is 25.1 Å². The predicted octanol–water partition coefficient (Wildman–Crippen LogP) is 2.78. The Morgan fingerprint density at radius 2 is 1.81 bits per heavy atom. The van der Waals surface area contributed by atoms with Gasteiger partial charge in [-0.15, -0.1) is 0 Å². The number of anilines is 1. The van der Waals surface area contributed by atoms with E-state index in [-0.39, 0.29) is 19.1 Å². The van der Waals surface area contributed by atoms with Crippen LogP contribution < -0.4 is 10.2 Å². The molecule has 0 aromatic heterocycles. The number of likely N-dealkylation sites (N-methyl/N-ethyl adjacent to an activating group) is 1. The molecule has 0 saturated heterocycles. The van der Waals surface area contributed by atoms with Crippen LogP contribution in [0, 0.1) is 0 Å². The number of nitrogens with one attached hydrogen (secondary N) is 1. The monoisotopic (exact) mass is 418 g/mol. The molecule has 0 spiro atoms. The number of halogens is 1. The summed E-state index contributed by atoms with van der Waals surface area (Å²) < 4.78 is 5.73. The van der Waals surface area contributed by atoms with Gasteiger partial charge in [-0.1, -0.05) is 40.2 Å². The van der Waals surface area contributed by atoms with Crippen LogP contribution in [0.15, 0.2) is 59.1 Å². The van der Waals surface area contributed by atoms with Gasteiger partial charge in [0.05, 0.1) is 0 Å². The zero-order valence-corrected chi connectivity index (χ0v) is 15.9. The summed E-state index contributed by atoms with van der Waals surface area (Å²) in [5.41, 5.74) is 1.16. The van der Waals surface area contributed by atoms with E-state index in [9.17, 15) is 14.4 Å². The summed E-state index contributed by atoms with van der Waals surface area (Å²) in [6.45, 7) is 1.61. The van der Waals surface area contributed by atoms with Crippen LogP contribution >= 0.6 is 15.9 Å². The summed E-state index contributed by atoms with van der Waals surface area (Å²) in [6.07, 6.45) is 0. The Morgan fingerprint density at radius 3 is 2.46 bits per heavy atom. The fraction of sp³-hybridized carbons (Fsp3) is 0.211. The molecule has 2 rings (SSSR count). The standard InChI is InChI=1S/C19H19BrN2O4/c1-2-22(16-9-4-3-5-10-16)17(23)13-26-18(24)12-21-19(25)14-7-6-8-15(20)11-14/h3-11H,2,12-13H2,1H3,(H,21,25). The number of nitrogens with zero attached hydrogens (tertiary/aromatic N) is 1. The van der Waals surface area contributed by atoms with Gasteiger partial charge in [-0.2, -0.15) is 0 Å². The van der Waals surface area contributed by atoms with Gasteiger partial charge in [-0.25, -0.2) is 0 Å². The summed E-state index contributed by atoms with van der Waals surface area (Å²) >= 11 is 3.28. The van der Waals surface area contributed by atoms with Gasteiger partial charge in [0.15, 0.2) is 6.61 Å². The number of esters is 1. The van der Waals surface area contributed by atoms with Gasteiger partial charge >= 0.3 is 5.97 Å². The molecule has 6 nitrogen and oxygen atoms in total. The minimum absolute atomic E-state index is 0.309. The lowest BCUT2D eigenvalue weighted by Gasteiger charge is -2.20. The van der Waals surface area contributed by atoms with E-state index >= 15 is 0 Å². The van der Waals surface area contributed by atoms with E-state index in [2.05, 4.69) is 21.2 Å². The normalized spacial score (nSPS) is 10.1. The quantitative estimate of drug-likeness (QED) is 0.701. The molecule has 7 heteroatoms. The van der Waals surface area contributed by atoms with Crippen LogP contribution in [0.4, 0.5) is 5.69 Å². The van der Waals surface area contributed by atoms with Crippen LogP contribution in [-0.2, 0) is 14.3 Å². The molecule has 2 aromatic carbocycles. The van der Waals surface area contributed by atoms with E-state index in [4.69, 9.17) is 4.74 Å². The summed E-state index contributed by atoms with van der Waals surface area (Å²) in [5.74, 6) is -1.40. The zero-order valence-electron chi connectivity index (χ0n) is 14.3. The van der Waals surface area contributed by atoms with E-state index < -0.39 is 11.9 Å². The van der Waals surface area contributed by atoms with Crippen molar-refractivity contribution >= 4 is 39.4 Å². The molecule has 0 aliphatic rings. The Labute approximate surface area is 160 Å². The molecule has 136 valence electrons. The second kappa shape index (κ2) is 9.72. The molecular weight excluding hydrogens is 400 g/mol. The molecule has 0 radical (unpaired) electrons. The second-order valence-corrected chi connectivity index (χ2v) is 6.24. The minimum atomic E-state index is -0.675. The van der Waals surface area contributed by atoms with Crippen LogP contribution in [0.1, 0.15) is 17.3 Å². The Morgan fingerprint density at radius 1 is 1.08 bits per heavy atom. The van der Waals surface area contributed by atoms with Crippen molar-refractivity contribution in [3.8, 4) is 0 Å². The topological polar surface area (TPSA) is 75.7 Å². The maximum atomic E-state index is 12.2. The minimum Gasteiger partial charge on any atom is -0.454 e. The summed E-state index contributed by atoms with van der Waals surface area (Å²) in [7, 11) is 0. The zero-order chi connectivity index (χ0) is 18.9. The molecule has 0 fully saturated rings. The Balaban J connectivity index is 1.81. The number of ether oxygens (including phenoxy) is 1. The summed E-state index contributed by atoms with van der Waals surface area (Å²) in [4.78, 5) is 37.5. The number of carbonyl (C=O) groups is 3. The van der Waals surface area contributed by atoms with Crippen molar-refractivity contribution in [3.63, 3.8) is 0 Å². The van der Waals surface area contributed by atoms with Crippen molar-refractivity contribution in [1.29, 1.82) is 0 Å². The van der Waals surface area contributed by atoms with Crippen LogP contribution in [0.25, 0.3) is 0 Å². The van der Waals surface area contributed by atoms with Crippen molar-refractivity contribution in [1.82, 2.24) is 5.32 Å². The van der Waals surface area contributed by atoms with E-state index in [1.165, 1.54) is 4.90 Å².